The molecule has 3 aromatic heterocycles. The van der Waals surface area contributed by atoms with Crippen molar-refractivity contribution in [2.75, 3.05) is 11.9 Å². The van der Waals surface area contributed by atoms with E-state index in [2.05, 4.69) is 25.4 Å². The summed E-state index contributed by atoms with van der Waals surface area (Å²) in [6.45, 7) is 0.722. The molecule has 0 aromatic carbocycles. The van der Waals surface area contributed by atoms with Gasteiger partial charge < -0.3 is 9.88 Å². The molecule has 1 N–H and O–H groups in total. The number of fused-ring (bicyclic) bond motifs is 1. The quantitative estimate of drug-likeness (QED) is 0.725. The molecule has 19 heavy (non-hydrogen) atoms. The fourth-order valence-electron chi connectivity index (χ4n) is 1.85. The molecule has 98 valence electrons. The van der Waals surface area contributed by atoms with Gasteiger partial charge in [-0.05, 0) is 0 Å². The molecule has 7 nitrogen and oxygen atoms in total. The van der Waals surface area contributed by atoms with E-state index in [1.54, 1.807) is 16.8 Å². The molecule has 0 aliphatic rings. The van der Waals surface area contributed by atoms with Gasteiger partial charge >= 0.3 is 0 Å². The van der Waals surface area contributed by atoms with Crippen molar-refractivity contribution in [1.82, 2.24) is 29.1 Å². The zero-order chi connectivity index (χ0) is 13.2. The summed E-state index contributed by atoms with van der Waals surface area (Å²) in [5.41, 5.74) is 0. The van der Waals surface area contributed by atoms with Crippen molar-refractivity contribution < 1.29 is 0 Å². The first kappa shape index (κ1) is 11.9. The summed E-state index contributed by atoms with van der Waals surface area (Å²) < 4.78 is 3.61. The highest BCUT2D eigenvalue weighted by atomic mass is 35.5. The highest BCUT2D eigenvalue weighted by molar-refractivity contribution is 6.29. The number of hydrogen-bond donors (Lipinski definition) is 1. The molecule has 3 heterocycles. The molecule has 0 atom stereocenters. The Hall–Kier alpha value is -2.15. The summed E-state index contributed by atoms with van der Waals surface area (Å²) in [7, 11) is 1.97. The summed E-state index contributed by atoms with van der Waals surface area (Å²) in [4.78, 5) is 12.3. The van der Waals surface area contributed by atoms with Gasteiger partial charge in [-0.15, -0.1) is 0 Å². The molecule has 0 spiro atoms. The third-order valence-electron chi connectivity index (χ3n) is 2.80. The van der Waals surface area contributed by atoms with E-state index in [0.717, 1.165) is 24.6 Å². The van der Waals surface area contributed by atoms with Crippen molar-refractivity contribution in [2.45, 2.75) is 6.42 Å². The van der Waals surface area contributed by atoms with E-state index in [4.69, 9.17) is 11.6 Å². The van der Waals surface area contributed by atoms with Crippen LogP contribution in [0.4, 0.5) is 5.82 Å². The molecule has 0 unspecified atom stereocenters. The van der Waals surface area contributed by atoms with E-state index in [0.29, 0.717) is 10.9 Å². The SMILES string of the molecule is Cn1ccnc1CCNc1cc(Cl)nc2ncnn12. The van der Waals surface area contributed by atoms with Gasteiger partial charge in [-0.2, -0.15) is 19.6 Å². The van der Waals surface area contributed by atoms with Gasteiger partial charge in [-0.25, -0.2) is 4.98 Å². The monoisotopic (exact) mass is 277 g/mol. The van der Waals surface area contributed by atoms with Crippen LogP contribution in [0.3, 0.4) is 0 Å². The Labute approximate surface area is 114 Å². The predicted octanol–water partition coefficient (Wildman–Crippen LogP) is 1.17. The fraction of sp³-hybridized carbons (Fsp3) is 0.273. The number of nitrogens with zero attached hydrogens (tertiary/aromatic N) is 6. The molecule has 0 aliphatic carbocycles. The van der Waals surface area contributed by atoms with E-state index in [-0.39, 0.29) is 0 Å². The molecule has 0 saturated carbocycles. The minimum atomic E-state index is 0.389. The zero-order valence-electron chi connectivity index (χ0n) is 10.3. The highest BCUT2D eigenvalue weighted by Crippen LogP contribution is 2.14. The van der Waals surface area contributed by atoms with Crippen LogP contribution >= 0.6 is 11.6 Å². The Kier molecular flexibility index (Phi) is 3.04. The molecule has 0 fully saturated rings. The molecule has 3 aromatic rings. The number of hydrogen-bond acceptors (Lipinski definition) is 5. The third kappa shape index (κ3) is 2.37. The van der Waals surface area contributed by atoms with Gasteiger partial charge in [0.2, 0.25) is 0 Å². The van der Waals surface area contributed by atoms with Crippen LogP contribution in [0.15, 0.2) is 24.8 Å². The molecular formula is C11H12ClN7. The topological polar surface area (TPSA) is 72.9 Å². The minimum absolute atomic E-state index is 0.389. The lowest BCUT2D eigenvalue weighted by atomic mass is 10.4. The van der Waals surface area contributed by atoms with Crippen LogP contribution in [0.5, 0.6) is 0 Å². The van der Waals surface area contributed by atoms with Gasteiger partial charge in [0.25, 0.3) is 5.78 Å². The first-order valence-corrected chi connectivity index (χ1v) is 6.18. The molecule has 0 radical (unpaired) electrons. The Morgan fingerprint density at radius 3 is 3.05 bits per heavy atom. The lowest BCUT2D eigenvalue weighted by Crippen LogP contribution is -2.11. The maximum absolute atomic E-state index is 5.94. The molecule has 8 heteroatoms. The van der Waals surface area contributed by atoms with Gasteiger partial charge in [-0.3, -0.25) is 0 Å². The second-order valence-corrected chi connectivity index (χ2v) is 4.45. The Morgan fingerprint density at radius 2 is 2.26 bits per heavy atom. The molecule has 0 aliphatic heterocycles. The van der Waals surface area contributed by atoms with E-state index in [9.17, 15) is 0 Å². The van der Waals surface area contributed by atoms with E-state index < -0.39 is 0 Å². The van der Waals surface area contributed by atoms with Gasteiger partial charge in [0.05, 0.1) is 0 Å². The smallest absolute Gasteiger partial charge is 0.255 e. The Balaban J connectivity index is 1.75. The van der Waals surface area contributed by atoms with Crippen molar-refractivity contribution in [1.29, 1.82) is 0 Å². The van der Waals surface area contributed by atoms with E-state index >= 15 is 0 Å². The normalized spacial score (nSPS) is 11.1. The summed E-state index contributed by atoms with van der Waals surface area (Å²) in [5.74, 6) is 2.26. The predicted molar refractivity (Wildman–Crippen MR) is 71.2 cm³/mol. The van der Waals surface area contributed by atoms with Crippen LogP contribution in [0, 0.1) is 0 Å². The highest BCUT2D eigenvalue weighted by Gasteiger charge is 2.06. The Morgan fingerprint density at radius 1 is 1.37 bits per heavy atom. The molecule has 0 saturated heterocycles. The summed E-state index contributed by atoms with van der Waals surface area (Å²) >= 11 is 5.94. The van der Waals surface area contributed by atoms with Crippen LogP contribution in [-0.2, 0) is 13.5 Å². The standard InChI is InChI=1S/C11H12ClN7/c1-18-5-4-14-9(18)2-3-13-10-6-8(12)17-11-15-7-16-19(10)11/h4-7,13H,2-3H2,1H3. The zero-order valence-corrected chi connectivity index (χ0v) is 11.0. The summed E-state index contributed by atoms with van der Waals surface area (Å²) in [6.07, 6.45) is 5.96. The van der Waals surface area contributed by atoms with Crippen molar-refractivity contribution in [2.24, 2.45) is 7.05 Å². The molecule has 0 bridgehead atoms. The second kappa shape index (κ2) is 4.85. The first-order chi connectivity index (χ1) is 9.24. The van der Waals surface area contributed by atoms with Gasteiger partial charge in [0.1, 0.15) is 23.1 Å². The largest absolute Gasteiger partial charge is 0.369 e. The average Bonchev–Trinajstić information content (AvgIpc) is 2.98. The summed E-state index contributed by atoms with van der Waals surface area (Å²) in [5, 5.41) is 7.75. The van der Waals surface area contributed by atoms with E-state index in [1.165, 1.54) is 6.33 Å². The van der Waals surface area contributed by atoms with Crippen molar-refractivity contribution in [3.63, 3.8) is 0 Å². The number of nitrogens with one attached hydrogen (secondary N) is 1. The van der Waals surface area contributed by atoms with Crippen LogP contribution < -0.4 is 5.32 Å². The maximum Gasteiger partial charge on any atom is 0.255 e. The Bertz CT molecular complexity index is 702. The van der Waals surface area contributed by atoms with Crippen LogP contribution in [0.2, 0.25) is 5.15 Å². The first-order valence-electron chi connectivity index (χ1n) is 5.80. The van der Waals surface area contributed by atoms with Crippen molar-refractivity contribution in [3.8, 4) is 0 Å². The number of aromatic nitrogens is 6. The fourth-order valence-corrected chi connectivity index (χ4v) is 2.03. The lowest BCUT2D eigenvalue weighted by molar-refractivity contribution is 0.785. The maximum atomic E-state index is 5.94. The summed E-state index contributed by atoms with van der Waals surface area (Å²) in [6, 6.07) is 1.72. The second-order valence-electron chi connectivity index (χ2n) is 4.07. The lowest BCUT2D eigenvalue weighted by Gasteiger charge is -2.08. The molecule has 0 amide bonds. The van der Waals surface area contributed by atoms with E-state index in [1.807, 2.05) is 17.8 Å². The van der Waals surface area contributed by atoms with Gasteiger partial charge in [-0.1, -0.05) is 11.6 Å². The number of rotatable bonds is 4. The average molecular weight is 278 g/mol. The third-order valence-corrected chi connectivity index (χ3v) is 2.99. The van der Waals surface area contributed by atoms with Crippen LogP contribution in [0.25, 0.3) is 5.78 Å². The van der Waals surface area contributed by atoms with Crippen LogP contribution in [-0.4, -0.2) is 35.7 Å². The van der Waals surface area contributed by atoms with Gasteiger partial charge in [0.15, 0.2) is 0 Å². The molecular weight excluding hydrogens is 266 g/mol. The molecule has 3 rings (SSSR count). The number of aryl methyl sites for hydroxylation is 1. The number of halogens is 1. The number of imidazole rings is 1. The minimum Gasteiger partial charge on any atom is -0.369 e. The van der Waals surface area contributed by atoms with Crippen molar-refractivity contribution >= 4 is 23.2 Å². The van der Waals surface area contributed by atoms with Crippen LogP contribution in [0.1, 0.15) is 5.82 Å². The van der Waals surface area contributed by atoms with Gasteiger partial charge in [0, 0.05) is 38.5 Å². The number of anilines is 1. The van der Waals surface area contributed by atoms with Crippen molar-refractivity contribution in [3.05, 3.63) is 35.8 Å².